The topological polar surface area (TPSA) is 0 Å². The number of hydrogen-bond acceptors (Lipinski definition) is 0. The third kappa shape index (κ3) is 7.05. The molecule has 0 spiro atoms. The molecule has 0 bridgehead atoms. The summed E-state index contributed by atoms with van der Waals surface area (Å²) in [5, 5.41) is 0. The Morgan fingerprint density at radius 1 is 0.667 bits per heavy atom. The molecule has 4 aromatic carbocycles. The van der Waals surface area contributed by atoms with E-state index in [1.165, 1.54) is 83.0 Å². The first-order valence-electron chi connectivity index (χ1n) is 18.6. The van der Waals surface area contributed by atoms with Gasteiger partial charge in [0.05, 0.1) is 0 Å². The summed E-state index contributed by atoms with van der Waals surface area (Å²) in [5.74, 6) is 0. The van der Waals surface area contributed by atoms with Crippen LogP contribution in [0.1, 0.15) is 123 Å². The summed E-state index contributed by atoms with van der Waals surface area (Å²) >= 11 is -2.56. The van der Waals surface area contributed by atoms with Crippen molar-refractivity contribution in [1.29, 1.82) is 0 Å². The Balaban J connectivity index is 1.75. The Morgan fingerprint density at radius 3 is 1.79 bits per heavy atom. The summed E-state index contributed by atoms with van der Waals surface area (Å²) in [4.78, 5) is 0. The van der Waals surface area contributed by atoms with Crippen LogP contribution in [-0.2, 0) is 38.5 Å². The maximum atomic E-state index is 2.64. The molecule has 0 nitrogen and oxygen atoms in total. The van der Waals surface area contributed by atoms with Crippen molar-refractivity contribution in [1.82, 2.24) is 0 Å². The molecule has 0 aromatic heterocycles. The van der Waals surface area contributed by atoms with Gasteiger partial charge in [-0.3, -0.25) is 0 Å². The van der Waals surface area contributed by atoms with E-state index in [0.717, 1.165) is 12.8 Å². The molecule has 248 valence electrons. The molecule has 0 saturated carbocycles. The van der Waals surface area contributed by atoms with Crippen molar-refractivity contribution in [2.75, 3.05) is 0 Å². The molecule has 0 saturated heterocycles. The van der Waals surface area contributed by atoms with Crippen LogP contribution in [0.25, 0.3) is 33.4 Å². The Bertz CT molecular complexity index is 1860. The molecule has 48 heavy (non-hydrogen) atoms. The average Bonchev–Trinajstić information content (AvgIpc) is 3.73. The monoisotopic (exact) mass is 710 g/mol. The summed E-state index contributed by atoms with van der Waals surface area (Å²) in [7, 11) is 0. The molecule has 0 heterocycles. The zero-order chi connectivity index (χ0) is 34.1. The van der Waals surface area contributed by atoms with Crippen molar-refractivity contribution in [2.45, 2.75) is 118 Å². The zero-order valence-electron chi connectivity index (χ0n) is 30.9. The molecule has 6 rings (SSSR count). The van der Waals surface area contributed by atoms with Gasteiger partial charge in [-0.05, 0) is 0 Å². The molecule has 1 heteroatoms. The van der Waals surface area contributed by atoms with Crippen molar-refractivity contribution in [3.8, 4) is 33.4 Å². The minimum absolute atomic E-state index is 0.0120. The first kappa shape index (κ1) is 35.0. The molecular weight excluding hydrogens is 656 g/mol. The van der Waals surface area contributed by atoms with E-state index in [-0.39, 0.29) is 10.8 Å². The number of hydrogen-bond donors (Lipinski definition) is 0. The second kappa shape index (κ2) is 14.5. The third-order valence-electron chi connectivity index (χ3n) is 10.5. The Kier molecular flexibility index (Phi) is 10.6. The van der Waals surface area contributed by atoms with Gasteiger partial charge in [-0.2, -0.15) is 0 Å². The van der Waals surface area contributed by atoms with Gasteiger partial charge in [-0.15, -0.1) is 0 Å². The first-order valence-corrected chi connectivity index (χ1v) is 22.3. The maximum absolute atomic E-state index is 2.64. The average molecular weight is 712 g/mol. The van der Waals surface area contributed by atoms with Gasteiger partial charge >= 0.3 is 301 Å². The van der Waals surface area contributed by atoms with Crippen LogP contribution in [0.2, 0.25) is 0 Å². The van der Waals surface area contributed by atoms with Crippen molar-refractivity contribution in [3.63, 3.8) is 0 Å². The van der Waals surface area contributed by atoms with Crippen LogP contribution in [0.3, 0.4) is 0 Å². The van der Waals surface area contributed by atoms with E-state index in [2.05, 4.69) is 152 Å². The summed E-state index contributed by atoms with van der Waals surface area (Å²) in [6.45, 7) is 19.2. The van der Waals surface area contributed by atoms with Crippen LogP contribution in [0.4, 0.5) is 0 Å². The van der Waals surface area contributed by atoms with Gasteiger partial charge in [0.15, 0.2) is 0 Å². The number of benzene rings is 4. The molecule has 4 aromatic rings. The summed E-state index contributed by atoms with van der Waals surface area (Å²) < 4.78 is 5.51. The van der Waals surface area contributed by atoms with E-state index in [9.17, 15) is 0 Å². The normalized spacial score (nSPS) is 13.8. The Hall–Kier alpha value is -2.89. The molecule has 0 radical (unpaired) electrons. The number of fused-ring (bicyclic) bond motifs is 3. The molecule has 2 aliphatic carbocycles. The van der Waals surface area contributed by atoms with Gasteiger partial charge in [-0.1, -0.05) is 0 Å². The summed E-state index contributed by atoms with van der Waals surface area (Å²) in [6.07, 6.45) is 17.2. The number of rotatable bonds is 10. The van der Waals surface area contributed by atoms with E-state index in [0.29, 0.717) is 0 Å². The van der Waals surface area contributed by atoms with Crippen molar-refractivity contribution in [2.24, 2.45) is 0 Å². The molecule has 0 N–H and O–H groups in total. The molecule has 0 unspecified atom stereocenters. The van der Waals surface area contributed by atoms with Crippen LogP contribution in [0.15, 0.2) is 100 Å². The van der Waals surface area contributed by atoms with E-state index in [4.69, 9.17) is 0 Å². The van der Waals surface area contributed by atoms with Crippen LogP contribution in [0, 0.1) is 0 Å². The molecule has 0 atom stereocenters. The first-order chi connectivity index (χ1) is 23.0. The fraction of sp³-hybridized carbons (Fsp3) is 0.383. The standard InChI is InChI=1S/C33H33.C9H18.C5H5.Zr/c1-32(2,3)30-20-26-24(18-28(30)22-13-9-7-10-14-22)17-25-19-29(23-15-11-8-12-16-23)31(21-27(25)26)33(4,5)6;1-3-5-7-9-8-6-4-2;1-2-4-5-3-1;/h7-16,18,20-21H,17H2,1-6H3;3-8H2,1-2H3;1-3H,4H2;. The fourth-order valence-corrected chi connectivity index (χ4v) is 16.9. The summed E-state index contributed by atoms with van der Waals surface area (Å²) in [5.41, 5.74) is 14.9. The number of allylic oxidation sites excluding steroid dienone is 4. The van der Waals surface area contributed by atoms with Gasteiger partial charge in [0.2, 0.25) is 0 Å². The number of unbranched alkanes of at least 4 members (excludes halogenated alkanes) is 2. The van der Waals surface area contributed by atoms with Crippen molar-refractivity contribution < 1.29 is 21.3 Å². The van der Waals surface area contributed by atoms with Gasteiger partial charge in [-0.25, -0.2) is 0 Å². The Morgan fingerprint density at radius 2 is 1.25 bits per heavy atom. The van der Waals surface area contributed by atoms with Gasteiger partial charge in [0.25, 0.3) is 0 Å². The molecule has 0 aliphatic heterocycles. The third-order valence-corrected chi connectivity index (χ3v) is 18.5. The van der Waals surface area contributed by atoms with Crippen molar-refractivity contribution in [3.05, 3.63) is 123 Å². The molecule has 0 amide bonds. The van der Waals surface area contributed by atoms with E-state index >= 15 is 0 Å². The van der Waals surface area contributed by atoms with Crippen LogP contribution in [0.5, 0.6) is 0 Å². The van der Waals surface area contributed by atoms with Crippen molar-refractivity contribution >= 4 is 6.48 Å². The predicted octanol–water partition coefficient (Wildman–Crippen LogP) is 12.8. The molecule has 0 fully saturated rings. The van der Waals surface area contributed by atoms with Crippen LogP contribution < -0.4 is 3.27 Å². The van der Waals surface area contributed by atoms with E-state index in [1.54, 1.807) is 17.7 Å². The molecule has 2 aliphatic rings. The predicted molar refractivity (Wildman–Crippen MR) is 208 cm³/mol. The second-order valence-electron chi connectivity index (χ2n) is 16.2. The van der Waals surface area contributed by atoms with E-state index < -0.39 is 21.3 Å². The van der Waals surface area contributed by atoms with Crippen LogP contribution >= 0.6 is 0 Å². The fourth-order valence-electron chi connectivity index (χ4n) is 7.98. The molecular formula is C47H56Zr. The quantitative estimate of drug-likeness (QED) is 0.135. The second-order valence-corrected chi connectivity index (χ2v) is 22.6. The summed E-state index contributed by atoms with van der Waals surface area (Å²) in [6, 6.07) is 30.4. The minimum atomic E-state index is -2.56. The van der Waals surface area contributed by atoms with Gasteiger partial charge < -0.3 is 0 Å². The van der Waals surface area contributed by atoms with E-state index in [1.807, 2.05) is 3.21 Å². The SMILES string of the molecule is CCCC[C](CCCC)=[Zr]([C]1=CC=CC1)[c]1c2c(cc(C(C)(C)C)c1-c1ccccc1)-c1cc(C(C)(C)C)c(-c3ccccc3)cc1C2. The van der Waals surface area contributed by atoms with Gasteiger partial charge in [0, 0.05) is 0 Å². The zero-order valence-corrected chi connectivity index (χ0v) is 33.4. The Labute approximate surface area is 299 Å². The van der Waals surface area contributed by atoms with Crippen LogP contribution in [-0.4, -0.2) is 3.21 Å². The van der Waals surface area contributed by atoms with Gasteiger partial charge in [0.1, 0.15) is 0 Å².